The number of hydrogen-bond acceptors (Lipinski definition) is 15. The first-order valence-corrected chi connectivity index (χ1v) is 101. The Hall–Kier alpha value is 15.7. The quantitative estimate of drug-likeness (QED) is 0.0240. The van der Waals surface area contributed by atoms with Gasteiger partial charge in [0, 0.05) is 140 Å². The van der Waals surface area contributed by atoms with Gasteiger partial charge in [0.2, 0.25) is 26.8 Å². The summed E-state index contributed by atoms with van der Waals surface area (Å²) in [6.07, 6.45) is 10.4. The molecular weight excluding hydrogens is 2670 g/mol. The number of esters is 1. The molecule has 0 fully saturated rings. The Balaban J connectivity index is -0.0000000629. The molecule has 0 atom stereocenters. The Morgan fingerprint density at radius 2 is 0.354 bits per heavy atom. The topological polar surface area (TPSA) is 209 Å². The van der Waals surface area contributed by atoms with E-state index in [4.69, 9.17) is 429 Å². The van der Waals surface area contributed by atoms with E-state index in [0.717, 1.165) is 125 Å². The summed E-state index contributed by atoms with van der Waals surface area (Å²) in [7, 11) is 2.79. The summed E-state index contributed by atoms with van der Waals surface area (Å²) in [5.41, 5.74) is 0. The van der Waals surface area contributed by atoms with Crippen LogP contribution in [0.5, 0.6) is 0 Å². The van der Waals surface area contributed by atoms with Crippen LogP contribution < -0.4 is 138 Å². The molecule has 0 rings (SSSR count). The van der Waals surface area contributed by atoms with Gasteiger partial charge in [-0.1, -0.05) is 0 Å². The predicted octanol–water partition coefficient (Wildman–Crippen LogP) is 19.0. The second-order valence-electron chi connectivity index (χ2n) is 25.7. The van der Waals surface area contributed by atoms with Crippen LogP contribution in [0.4, 0.5) is 0 Å². The van der Waals surface area contributed by atoms with Crippen LogP contribution in [-0.4, -0.2) is 246 Å². The molecular formula is C59H131Cl35Na4O15Si14. The van der Waals surface area contributed by atoms with Crippen LogP contribution in [0.15, 0.2) is 0 Å². The molecule has 127 heavy (non-hydrogen) atoms. The van der Waals surface area contributed by atoms with Gasteiger partial charge < -0.3 is 64.4 Å². The number of rotatable bonds is 50. The van der Waals surface area contributed by atoms with E-state index in [9.17, 15) is 29.1 Å². The van der Waals surface area contributed by atoms with E-state index in [1.165, 1.54) is 7.11 Å². The van der Waals surface area contributed by atoms with Crippen molar-refractivity contribution in [3.8, 4) is 0 Å². The maximum atomic E-state index is 10.5. The smallest absolute Gasteiger partial charge is 0.881 e. The van der Waals surface area contributed by atoms with E-state index in [0.29, 0.717) is 101 Å². The van der Waals surface area contributed by atoms with Crippen LogP contribution in [-0.2, 0) is 49.7 Å². The van der Waals surface area contributed by atoms with Gasteiger partial charge in [-0.25, -0.2) is 0 Å². The van der Waals surface area contributed by atoms with Crippen LogP contribution in [0.2, 0.25) is 137 Å². The number of carboxylic acids is 1. The predicted molar refractivity (Wildman–Crippen MR) is 596 cm³/mol. The van der Waals surface area contributed by atoms with Crippen molar-refractivity contribution in [2.24, 2.45) is 0 Å². The zero-order valence-electron chi connectivity index (χ0n) is 76.6. The molecule has 0 bridgehead atoms. The normalized spacial score (nSPS) is 11.5. The Bertz CT molecular complexity index is 1890. The van der Waals surface area contributed by atoms with E-state index < -0.39 is 118 Å². The maximum absolute atomic E-state index is 10.5. The van der Waals surface area contributed by atoms with Crippen molar-refractivity contribution in [1.29, 1.82) is 0 Å². The summed E-state index contributed by atoms with van der Waals surface area (Å²) in [6, 6.07) is -2.33. The zero-order valence-corrected chi connectivity index (χ0v) is 125. The fourth-order valence-corrected chi connectivity index (χ4v) is 31.1. The molecule has 0 aliphatic carbocycles. The Morgan fingerprint density at radius 1 is 0.220 bits per heavy atom. The molecule has 15 nitrogen and oxygen atoms in total. The van der Waals surface area contributed by atoms with E-state index >= 15 is 0 Å². The van der Waals surface area contributed by atoms with Gasteiger partial charge in [-0.05, 0) is 214 Å². The number of carbonyl (C=O) groups excluding carboxylic acids is 2. The molecule has 0 amide bonds. The Labute approximate surface area is 1040 Å². The van der Waals surface area contributed by atoms with Crippen LogP contribution >= 0.6 is 394 Å². The third kappa shape index (κ3) is 214. The summed E-state index contributed by atoms with van der Waals surface area (Å²) in [6.45, 7) is 8.51. The van der Waals surface area contributed by atoms with Crippen molar-refractivity contribution in [1.82, 2.24) is 0 Å². The minimum absolute atomic E-state index is 0. The van der Waals surface area contributed by atoms with Gasteiger partial charge >= 0.3 is 188 Å². The molecule has 0 spiro atoms. The molecule has 762 valence electrons. The van der Waals surface area contributed by atoms with Crippen LogP contribution in [0, 0.1) is 0 Å². The van der Waals surface area contributed by atoms with Crippen LogP contribution in [0.25, 0.3) is 0 Å². The van der Waals surface area contributed by atoms with Crippen LogP contribution in [0.3, 0.4) is 0 Å². The van der Waals surface area contributed by atoms with Gasteiger partial charge in [0.15, 0.2) is 0 Å². The average molecular weight is 2810 g/mol. The fraction of sp³-hybridized carbons (Fsp3) is 0.966. The first kappa shape index (κ1) is 184. The molecule has 0 saturated carbocycles. The van der Waals surface area contributed by atoms with Gasteiger partial charge in [-0.15, -0.1) is 400 Å². The number of hydrogen-bond donors (Lipinski definition) is 0. The first-order valence-electron chi connectivity index (χ1n) is 36.9. The Kier molecular flexibility index (Phi) is 170. The summed E-state index contributed by atoms with van der Waals surface area (Å²) >= 11 is 194. The molecule has 0 aliphatic heterocycles. The molecule has 0 unspecified atom stereocenters. The SMILES string of the molecule is COC(=O)CC[Si](Cl)(Cl)Cl.CO[Si](C)(CCCCl)OC.CO[Si](C)(CCCCl)OC.CO[Si](C)(CCCCl)OC.CO[Si](C)(CCCCl)OC.C[Si](Cl)(Cl)CCCCl.C[Si](Cl)(Cl)CCCCl.C[Si](Cl)(Cl)CCCCl.C[Si](Cl)(Cl)CCCCl.ClCCC[Si](Cl)(Cl)Cl.ClCCC[Si](Cl)(Cl)Cl.ClCCC[Si](Cl)(Cl)Cl.ClCCC[Si](Cl)(Cl)Cl.O=C([O-])CC[Si]([O-])([O-])[O-].[Na+].[Na+].[Na+].[Na+]. The molecule has 0 N–H and O–H groups in total. The molecule has 0 aromatic rings. The van der Waals surface area contributed by atoms with Crippen LogP contribution in [0.1, 0.15) is 89.9 Å². The van der Waals surface area contributed by atoms with Gasteiger partial charge in [0.1, 0.15) is 0 Å². The van der Waals surface area contributed by atoms with Gasteiger partial charge in [-0.3, -0.25) is 13.6 Å². The third-order valence-electron chi connectivity index (χ3n) is 13.4. The first-order chi connectivity index (χ1) is 55.6. The maximum Gasteiger partial charge on any atom is 1.00 e. The number of halogens is 35. The number of carbonyl (C=O) groups is 2. The number of methoxy groups -OCH3 is 1. The van der Waals surface area contributed by atoms with E-state index in [1.807, 2.05) is 52.4 Å². The van der Waals surface area contributed by atoms with Crippen molar-refractivity contribution in [3.05, 3.63) is 0 Å². The average Bonchev–Trinajstić information content (AvgIpc) is 0.935. The molecule has 0 aliphatic rings. The van der Waals surface area contributed by atoms with Gasteiger partial charge in [0.25, 0.3) is 0 Å². The van der Waals surface area contributed by atoms with E-state index in [1.54, 1.807) is 56.9 Å². The molecule has 0 radical (unpaired) electrons. The Morgan fingerprint density at radius 3 is 0.425 bits per heavy atom. The summed E-state index contributed by atoms with van der Waals surface area (Å²) in [5.74, 6) is 5.92. The van der Waals surface area contributed by atoms with Crippen molar-refractivity contribution in [3.63, 3.8) is 0 Å². The standard InChI is InChI=1S/4C6H15ClO2Si.C4H7Cl3O2Si.4C4H9Cl3Si.4C3H6Cl4Si.C3H5O5Si.4Na/c4*1-8-10(3,9-2)6-4-5-7;1-9-4(8)2-3-10(5,6)7;4*1-8(6,7)4-2-3-5;4*4-2-1-3-8(5,6)7;4-3(5)1-2-9(6,7)8;;;;/h4*4-6H2,1-3H3;2-3H2,1H3;4*2-4H2,1H3;4*1-3H2;1-2H2,(H,4,5);;;;/q;;;;;;;;;;;;;-3;4*+1/p-1. The number of aliphatic carboxylic acids is 1. The van der Waals surface area contributed by atoms with Crippen molar-refractivity contribution >= 4 is 506 Å². The van der Waals surface area contributed by atoms with E-state index in [2.05, 4.69) is 4.74 Å². The van der Waals surface area contributed by atoms with Crippen molar-refractivity contribution < 1.29 is 187 Å². The molecule has 0 heterocycles. The van der Waals surface area contributed by atoms with Gasteiger partial charge in [0.05, 0.1) is 7.11 Å². The number of carboxylic acid groups (broad SMARTS) is 1. The largest absolute Gasteiger partial charge is 1.00 e. The summed E-state index contributed by atoms with van der Waals surface area (Å²) in [4.78, 5) is 49.3. The van der Waals surface area contributed by atoms with E-state index in [-0.39, 0.29) is 131 Å². The van der Waals surface area contributed by atoms with Crippen molar-refractivity contribution in [2.45, 2.75) is 227 Å². The minimum atomic E-state index is -4.89. The minimum Gasteiger partial charge on any atom is -0.881 e. The van der Waals surface area contributed by atoms with Gasteiger partial charge in [-0.2, -0.15) is 0 Å². The zero-order chi connectivity index (χ0) is 101. The molecule has 0 saturated heterocycles. The summed E-state index contributed by atoms with van der Waals surface area (Å²) < 4.78 is 46.3. The number of alkyl halides is 12. The monoisotopic (exact) mass is 2790 g/mol. The second-order valence-corrected chi connectivity index (χ2v) is 126. The third-order valence-corrected chi connectivity index (χ3v) is 51.9. The summed E-state index contributed by atoms with van der Waals surface area (Å²) in [5, 5.41) is 9.54. The fourth-order valence-electron chi connectivity index (χ4n) is 5.88. The molecule has 0 aromatic carbocycles. The number of ether oxygens (including phenoxy) is 1. The molecule has 0 aromatic heterocycles. The molecule has 68 heteroatoms. The second kappa shape index (κ2) is 117. The van der Waals surface area contributed by atoms with Crippen molar-refractivity contribution in [2.75, 3.05) is 135 Å².